The highest BCUT2D eigenvalue weighted by Crippen LogP contribution is 2.21. The third kappa shape index (κ3) is 4.64. The molecule has 1 saturated heterocycles. The van der Waals surface area contributed by atoms with Crippen LogP contribution in [0.15, 0.2) is 41.8 Å². The van der Waals surface area contributed by atoms with E-state index in [1.54, 1.807) is 0 Å². The Kier molecular flexibility index (Phi) is 5.93. The maximum absolute atomic E-state index is 12.2. The number of anilines is 2. The number of hydrogen-bond donors (Lipinski definition) is 1. The summed E-state index contributed by atoms with van der Waals surface area (Å²) in [6.45, 7) is 7.36. The minimum Gasteiger partial charge on any atom is -0.368 e. The zero-order valence-corrected chi connectivity index (χ0v) is 16.1. The molecule has 0 unspecified atom stereocenters. The van der Waals surface area contributed by atoms with Gasteiger partial charge in [-0.25, -0.2) is 0 Å². The highest BCUT2D eigenvalue weighted by Gasteiger charge is 2.21. The van der Waals surface area contributed by atoms with Gasteiger partial charge in [-0.3, -0.25) is 9.59 Å². The average molecular weight is 372 g/mol. The van der Waals surface area contributed by atoms with E-state index in [-0.39, 0.29) is 11.8 Å². The van der Waals surface area contributed by atoms with E-state index >= 15 is 0 Å². The highest BCUT2D eigenvalue weighted by molar-refractivity contribution is 7.12. The summed E-state index contributed by atoms with van der Waals surface area (Å²) >= 11 is 1.43. The van der Waals surface area contributed by atoms with Gasteiger partial charge < -0.3 is 15.1 Å². The SMILES string of the molecule is CC(C)CC(=O)N1CCN(c2ccc(NC(=O)c3cccs3)cc2)CC1. The molecule has 2 heterocycles. The quantitative estimate of drug-likeness (QED) is 0.872. The average Bonchev–Trinajstić information content (AvgIpc) is 3.17. The number of nitrogens with zero attached hydrogens (tertiary/aromatic N) is 2. The molecule has 0 atom stereocenters. The van der Waals surface area contributed by atoms with Crippen LogP contribution in [0.1, 0.15) is 29.9 Å². The topological polar surface area (TPSA) is 52.7 Å². The molecule has 0 aliphatic carbocycles. The number of carbonyl (C=O) groups excluding carboxylic acids is 2. The smallest absolute Gasteiger partial charge is 0.265 e. The maximum atomic E-state index is 12.2. The van der Waals surface area contributed by atoms with Crippen molar-refractivity contribution in [2.75, 3.05) is 36.4 Å². The van der Waals surface area contributed by atoms with Crippen LogP contribution in [-0.4, -0.2) is 42.9 Å². The molecule has 0 bridgehead atoms. The number of piperazine rings is 1. The Morgan fingerprint density at radius 3 is 2.35 bits per heavy atom. The van der Waals surface area contributed by atoms with Gasteiger partial charge in [0.25, 0.3) is 5.91 Å². The number of thiophene rings is 1. The van der Waals surface area contributed by atoms with Crippen LogP contribution in [0.3, 0.4) is 0 Å². The summed E-state index contributed by atoms with van der Waals surface area (Å²) in [5, 5.41) is 4.81. The van der Waals surface area contributed by atoms with Crippen molar-refractivity contribution in [2.45, 2.75) is 20.3 Å². The third-order valence-electron chi connectivity index (χ3n) is 4.45. The van der Waals surface area contributed by atoms with Crippen molar-refractivity contribution >= 4 is 34.5 Å². The van der Waals surface area contributed by atoms with Crippen molar-refractivity contribution in [3.05, 3.63) is 46.7 Å². The van der Waals surface area contributed by atoms with Crippen LogP contribution in [-0.2, 0) is 4.79 Å². The van der Waals surface area contributed by atoms with Gasteiger partial charge in [0, 0.05) is 44.0 Å². The molecule has 26 heavy (non-hydrogen) atoms. The lowest BCUT2D eigenvalue weighted by Crippen LogP contribution is -2.49. The molecule has 2 amide bonds. The molecule has 1 aromatic heterocycles. The molecule has 3 rings (SSSR count). The number of rotatable bonds is 5. The number of hydrogen-bond acceptors (Lipinski definition) is 4. The van der Waals surface area contributed by atoms with Crippen molar-refractivity contribution in [3.63, 3.8) is 0 Å². The van der Waals surface area contributed by atoms with Crippen LogP contribution < -0.4 is 10.2 Å². The zero-order chi connectivity index (χ0) is 18.5. The molecular weight excluding hydrogens is 346 g/mol. The monoisotopic (exact) mass is 371 g/mol. The normalized spacial score (nSPS) is 14.6. The first-order chi connectivity index (χ1) is 12.5. The van der Waals surface area contributed by atoms with E-state index in [2.05, 4.69) is 24.1 Å². The Morgan fingerprint density at radius 2 is 1.77 bits per heavy atom. The van der Waals surface area contributed by atoms with E-state index in [0.29, 0.717) is 17.2 Å². The second-order valence-corrected chi connectivity index (χ2v) is 7.89. The predicted molar refractivity (Wildman–Crippen MR) is 107 cm³/mol. The van der Waals surface area contributed by atoms with Gasteiger partial charge in [0.2, 0.25) is 5.91 Å². The minimum atomic E-state index is -0.0787. The second kappa shape index (κ2) is 8.36. The van der Waals surface area contributed by atoms with Gasteiger partial charge in [-0.1, -0.05) is 19.9 Å². The summed E-state index contributed by atoms with van der Waals surface area (Å²) in [6, 6.07) is 11.6. The van der Waals surface area contributed by atoms with Gasteiger partial charge in [-0.05, 0) is 41.6 Å². The molecule has 0 saturated carbocycles. The minimum absolute atomic E-state index is 0.0787. The molecule has 0 radical (unpaired) electrons. The van der Waals surface area contributed by atoms with E-state index in [0.717, 1.165) is 37.6 Å². The van der Waals surface area contributed by atoms with Crippen LogP contribution in [0.5, 0.6) is 0 Å². The zero-order valence-electron chi connectivity index (χ0n) is 15.3. The van der Waals surface area contributed by atoms with Gasteiger partial charge in [-0.2, -0.15) is 0 Å². The van der Waals surface area contributed by atoms with Crippen molar-refractivity contribution in [3.8, 4) is 0 Å². The molecule has 1 aliphatic rings. The van der Waals surface area contributed by atoms with Crippen LogP contribution in [0.25, 0.3) is 0 Å². The van der Waals surface area contributed by atoms with E-state index < -0.39 is 0 Å². The fourth-order valence-corrected chi connectivity index (χ4v) is 3.67. The van der Waals surface area contributed by atoms with Gasteiger partial charge in [0.15, 0.2) is 0 Å². The summed E-state index contributed by atoms with van der Waals surface area (Å²) in [5.74, 6) is 0.578. The molecule has 1 aliphatic heterocycles. The van der Waals surface area contributed by atoms with Crippen molar-refractivity contribution < 1.29 is 9.59 Å². The second-order valence-electron chi connectivity index (χ2n) is 6.94. The first-order valence-corrected chi connectivity index (χ1v) is 9.88. The third-order valence-corrected chi connectivity index (χ3v) is 5.32. The number of amides is 2. The van der Waals surface area contributed by atoms with Gasteiger partial charge in [0.05, 0.1) is 4.88 Å². The maximum Gasteiger partial charge on any atom is 0.265 e. The van der Waals surface area contributed by atoms with E-state index in [9.17, 15) is 9.59 Å². The molecule has 1 fully saturated rings. The Bertz CT molecular complexity index is 733. The molecule has 2 aromatic rings. The number of benzene rings is 1. The number of carbonyl (C=O) groups is 2. The summed E-state index contributed by atoms with van der Waals surface area (Å²) in [4.78, 5) is 29.2. The lowest BCUT2D eigenvalue weighted by atomic mass is 10.1. The Balaban J connectivity index is 1.53. The van der Waals surface area contributed by atoms with Crippen molar-refractivity contribution in [1.82, 2.24) is 4.90 Å². The van der Waals surface area contributed by atoms with Crippen LogP contribution in [0.2, 0.25) is 0 Å². The first-order valence-electron chi connectivity index (χ1n) is 9.00. The van der Waals surface area contributed by atoms with E-state index in [1.807, 2.05) is 46.7 Å². The predicted octanol–water partition coefficient (Wildman–Crippen LogP) is 3.70. The van der Waals surface area contributed by atoms with Gasteiger partial charge in [-0.15, -0.1) is 11.3 Å². The fraction of sp³-hybridized carbons (Fsp3) is 0.400. The molecule has 1 N–H and O–H groups in total. The first kappa shape index (κ1) is 18.5. The Labute approximate surface area is 158 Å². The number of nitrogens with one attached hydrogen (secondary N) is 1. The summed E-state index contributed by atoms with van der Waals surface area (Å²) in [7, 11) is 0. The summed E-state index contributed by atoms with van der Waals surface area (Å²) < 4.78 is 0. The Hall–Kier alpha value is -2.34. The molecule has 138 valence electrons. The summed E-state index contributed by atoms with van der Waals surface area (Å²) in [5.41, 5.74) is 1.91. The van der Waals surface area contributed by atoms with E-state index in [1.165, 1.54) is 11.3 Å². The van der Waals surface area contributed by atoms with Crippen LogP contribution in [0, 0.1) is 5.92 Å². The van der Waals surface area contributed by atoms with Gasteiger partial charge in [0.1, 0.15) is 0 Å². The molecule has 0 spiro atoms. The molecule has 5 nitrogen and oxygen atoms in total. The molecule has 1 aromatic carbocycles. The van der Waals surface area contributed by atoms with Gasteiger partial charge >= 0.3 is 0 Å². The fourth-order valence-electron chi connectivity index (χ4n) is 3.05. The van der Waals surface area contributed by atoms with Crippen molar-refractivity contribution in [2.24, 2.45) is 5.92 Å². The largest absolute Gasteiger partial charge is 0.368 e. The van der Waals surface area contributed by atoms with Crippen LogP contribution >= 0.6 is 11.3 Å². The molecule has 6 heteroatoms. The lowest BCUT2D eigenvalue weighted by Gasteiger charge is -2.36. The highest BCUT2D eigenvalue weighted by atomic mass is 32.1. The molecular formula is C20H25N3O2S. The van der Waals surface area contributed by atoms with Crippen molar-refractivity contribution in [1.29, 1.82) is 0 Å². The lowest BCUT2D eigenvalue weighted by molar-refractivity contribution is -0.132. The Morgan fingerprint density at radius 1 is 1.08 bits per heavy atom. The van der Waals surface area contributed by atoms with E-state index in [4.69, 9.17) is 0 Å². The standard InChI is InChI=1S/C20H25N3O2S/c1-15(2)14-19(24)23-11-9-22(10-12-23)17-7-5-16(6-8-17)21-20(25)18-4-3-13-26-18/h3-8,13,15H,9-12,14H2,1-2H3,(H,21,25). The van der Waals surface area contributed by atoms with Crippen LogP contribution in [0.4, 0.5) is 11.4 Å². The summed E-state index contributed by atoms with van der Waals surface area (Å²) in [6.07, 6.45) is 0.624.